The van der Waals surface area contributed by atoms with Crippen LogP contribution in [0, 0.1) is 5.82 Å². The lowest BCUT2D eigenvalue weighted by Gasteiger charge is -2.26. The van der Waals surface area contributed by atoms with Gasteiger partial charge < -0.3 is 4.98 Å². The zero-order valence-corrected chi connectivity index (χ0v) is 22.0. The molecular formula is C32H31FN6. The molecule has 1 aliphatic heterocycles. The molecule has 0 atom stereocenters. The van der Waals surface area contributed by atoms with Crippen LogP contribution in [-0.4, -0.2) is 43.1 Å². The number of allylic oxidation sites excluding steroid dienone is 2. The van der Waals surface area contributed by atoms with E-state index in [9.17, 15) is 4.39 Å². The molecule has 0 saturated carbocycles. The number of H-pyrrole nitrogens is 2. The van der Waals surface area contributed by atoms with Crippen LogP contribution < -0.4 is 10.6 Å². The minimum Gasteiger partial charge on any atom is -0.337 e. The van der Waals surface area contributed by atoms with Crippen molar-refractivity contribution in [2.45, 2.75) is 32.7 Å². The third-order valence-corrected chi connectivity index (χ3v) is 7.38. The van der Waals surface area contributed by atoms with Gasteiger partial charge in [0, 0.05) is 29.7 Å². The number of imidazole rings is 1. The second kappa shape index (κ2) is 10.8. The van der Waals surface area contributed by atoms with Gasteiger partial charge in [-0.2, -0.15) is 5.10 Å². The summed E-state index contributed by atoms with van der Waals surface area (Å²) in [5.74, 6) is 0.339. The van der Waals surface area contributed by atoms with E-state index < -0.39 is 0 Å². The Bertz CT molecular complexity index is 1770. The topological polar surface area (TPSA) is 73.5 Å². The number of para-hydroxylation sites is 1. The van der Waals surface area contributed by atoms with Crippen molar-refractivity contribution < 1.29 is 4.39 Å². The highest BCUT2D eigenvalue weighted by molar-refractivity contribution is 5.93. The Labute approximate surface area is 226 Å². The number of likely N-dealkylation sites (tertiary alicyclic amines) is 1. The first-order valence-corrected chi connectivity index (χ1v) is 13.4. The molecule has 7 heteroatoms. The normalized spacial score (nSPS) is 15.3. The molecule has 0 spiro atoms. The van der Waals surface area contributed by atoms with Crippen molar-refractivity contribution in [2.75, 3.05) is 13.1 Å². The van der Waals surface area contributed by atoms with E-state index in [1.54, 1.807) is 6.07 Å². The van der Waals surface area contributed by atoms with Gasteiger partial charge in [-0.3, -0.25) is 15.0 Å². The van der Waals surface area contributed by atoms with Crippen molar-refractivity contribution in [3.63, 3.8) is 0 Å². The Morgan fingerprint density at radius 2 is 1.92 bits per heavy atom. The monoisotopic (exact) mass is 518 g/mol. The van der Waals surface area contributed by atoms with E-state index in [1.807, 2.05) is 42.7 Å². The summed E-state index contributed by atoms with van der Waals surface area (Å²) in [5.41, 5.74) is 7.36. The Kier molecular flexibility index (Phi) is 6.90. The quantitative estimate of drug-likeness (QED) is 0.314. The maximum absolute atomic E-state index is 13.9. The minimum atomic E-state index is -0.277. The second-order valence-electron chi connectivity index (χ2n) is 10.2. The first-order valence-electron chi connectivity index (χ1n) is 13.4. The lowest BCUT2D eigenvalue weighted by atomic mass is 10.0. The van der Waals surface area contributed by atoms with Crippen LogP contribution in [-0.2, 0) is 6.54 Å². The molecule has 1 saturated heterocycles. The first-order chi connectivity index (χ1) is 19.0. The van der Waals surface area contributed by atoms with Crippen LogP contribution in [0.4, 0.5) is 4.39 Å². The van der Waals surface area contributed by atoms with E-state index in [1.165, 1.54) is 50.0 Å². The van der Waals surface area contributed by atoms with E-state index in [0.717, 1.165) is 50.4 Å². The maximum atomic E-state index is 13.9. The molecule has 3 aromatic heterocycles. The highest BCUT2D eigenvalue weighted by Crippen LogP contribution is 2.29. The van der Waals surface area contributed by atoms with Crippen molar-refractivity contribution in [3.05, 3.63) is 94.5 Å². The van der Waals surface area contributed by atoms with Crippen molar-refractivity contribution in [3.8, 4) is 22.6 Å². The summed E-state index contributed by atoms with van der Waals surface area (Å²) in [6, 6.07) is 14.6. The Morgan fingerprint density at radius 1 is 1.08 bits per heavy atom. The summed E-state index contributed by atoms with van der Waals surface area (Å²) in [6.45, 7) is 9.63. The summed E-state index contributed by atoms with van der Waals surface area (Å²) in [4.78, 5) is 15.2. The van der Waals surface area contributed by atoms with Crippen LogP contribution in [0.3, 0.4) is 0 Å². The number of hydrogen-bond acceptors (Lipinski definition) is 4. The lowest BCUT2D eigenvalue weighted by molar-refractivity contribution is 0.220. The summed E-state index contributed by atoms with van der Waals surface area (Å²) < 4.78 is 13.9. The fourth-order valence-electron chi connectivity index (χ4n) is 5.22. The zero-order valence-electron chi connectivity index (χ0n) is 22.0. The van der Waals surface area contributed by atoms with Gasteiger partial charge in [0.15, 0.2) is 5.82 Å². The number of pyridine rings is 1. The Morgan fingerprint density at radius 3 is 2.77 bits per heavy atom. The van der Waals surface area contributed by atoms with Crippen molar-refractivity contribution in [1.29, 1.82) is 0 Å². The fraction of sp³-hybridized carbons (Fsp3) is 0.219. The fourth-order valence-corrected chi connectivity index (χ4v) is 5.22. The highest BCUT2D eigenvalue weighted by atomic mass is 19.1. The largest absolute Gasteiger partial charge is 0.337 e. The molecular weight excluding hydrogens is 487 g/mol. The van der Waals surface area contributed by atoms with Crippen LogP contribution in [0.25, 0.3) is 51.9 Å². The number of aromatic nitrogens is 5. The highest BCUT2D eigenvalue weighted by Gasteiger charge is 2.14. The van der Waals surface area contributed by atoms with Gasteiger partial charge in [0.25, 0.3) is 0 Å². The first kappa shape index (κ1) is 24.9. The SMILES string of the molecule is C=c1c(-c2nc3c(-c4cccc(F)c4)cccc3[nH]2)n[nH]/c1=C/C=C(\C)c1cncc(CN2CCCCC2)c1. The molecule has 6 rings (SSSR count). The van der Waals surface area contributed by atoms with Gasteiger partial charge in [0.2, 0.25) is 0 Å². The number of benzene rings is 2. The Balaban J connectivity index is 1.27. The van der Waals surface area contributed by atoms with Crippen LogP contribution in [0.1, 0.15) is 37.3 Å². The molecule has 2 N–H and O–H groups in total. The van der Waals surface area contributed by atoms with Crippen LogP contribution >= 0.6 is 0 Å². The van der Waals surface area contributed by atoms with Crippen molar-refractivity contribution >= 4 is 29.3 Å². The summed E-state index contributed by atoms with van der Waals surface area (Å²) in [5, 5.41) is 9.17. The third kappa shape index (κ3) is 5.31. The van der Waals surface area contributed by atoms with Gasteiger partial charge in [0.05, 0.1) is 16.4 Å². The number of piperidine rings is 1. The van der Waals surface area contributed by atoms with Gasteiger partial charge in [-0.1, -0.05) is 43.3 Å². The smallest absolute Gasteiger partial charge is 0.159 e. The average Bonchev–Trinajstić information content (AvgIpc) is 3.55. The molecule has 39 heavy (non-hydrogen) atoms. The second-order valence-corrected chi connectivity index (χ2v) is 10.2. The predicted octanol–water partition coefficient (Wildman–Crippen LogP) is 5.43. The molecule has 2 aromatic carbocycles. The molecule has 1 fully saturated rings. The van der Waals surface area contributed by atoms with E-state index in [2.05, 4.69) is 50.7 Å². The summed E-state index contributed by atoms with van der Waals surface area (Å²) in [7, 11) is 0. The number of rotatable bonds is 6. The number of nitrogens with zero attached hydrogens (tertiary/aromatic N) is 4. The van der Waals surface area contributed by atoms with Crippen molar-refractivity contribution in [1.82, 2.24) is 30.0 Å². The molecule has 196 valence electrons. The van der Waals surface area contributed by atoms with Gasteiger partial charge in [-0.15, -0.1) is 0 Å². The van der Waals surface area contributed by atoms with E-state index in [4.69, 9.17) is 4.98 Å². The standard InChI is InChI=1S/C32H31FN6/c1-21(25-16-23(18-34-19-25)20-39-14-4-3-5-15-39)12-13-28-22(2)30(38-37-28)32-35-29-11-7-10-27(31(29)36-32)24-8-6-9-26(33)17-24/h6-13,16-19,37H,2-5,14-15,20H2,1H3,(H,35,36)/b21-12+,28-13+. The van der Waals surface area contributed by atoms with E-state index in [0.29, 0.717) is 11.5 Å². The molecule has 0 aliphatic carbocycles. The molecule has 0 unspecified atom stereocenters. The van der Waals surface area contributed by atoms with Gasteiger partial charge in [-0.25, -0.2) is 9.37 Å². The third-order valence-electron chi connectivity index (χ3n) is 7.38. The number of fused-ring (bicyclic) bond motifs is 1. The molecule has 0 bridgehead atoms. The molecule has 5 aromatic rings. The number of hydrogen-bond donors (Lipinski definition) is 2. The predicted molar refractivity (Wildman–Crippen MR) is 155 cm³/mol. The number of halogens is 1. The molecule has 0 amide bonds. The molecule has 1 aliphatic rings. The lowest BCUT2D eigenvalue weighted by Crippen LogP contribution is -2.29. The average molecular weight is 519 g/mol. The maximum Gasteiger partial charge on any atom is 0.159 e. The summed E-state index contributed by atoms with van der Waals surface area (Å²) in [6.07, 6.45) is 11.8. The van der Waals surface area contributed by atoms with Crippen LogP contribution in [0.5, 0.6) is 0 Å². The van der Waals surface area contributed by atoms with Crippen LogP contribution in [0.2, 0.25) is 0 Å². The van der Waals surface area contributed by atoms with Gasteiger partial charge >= 0.3 is 0 Å². The van der Waals surface area contributed by atoms with Gasteiger partial charge in [0.1, 0.15) is 11.5 Å². The van der Waals surface area contributed by atoms with Crippen molar-refractivity contribution in [2.24, 2.45) is 0 Å². The van der Waals surface area contributed by atoms with Gasteiger partial charge in [-0.05, 0) is 85.5 Å². The minimum absolute atomic E-state index is 0.277. The molecule has 4 heterocycles. The number of aromatic amines is 2. The van der Waals surface area contributed by atoms with E-state index in [-0.39, 0.29) is 5.82 Å². The molecule has 6 nitrogen and oxygen atoms in total. The summed E-state index contributed by atoms with van der Waals surface area (Å²) >= 11 is 0. The molecule has 0 radical (unpaired) electrons. The Hall–Kier alpha value is -4.36. The zero-order chi connectivity index (χ0) is 26.8. The number of nitrogens with one attached hydrogen (secondary N) is 2. The van der Waals surface area contributed by atoms with E-state index >= 15 is 0 Å². The van der Waals surface area contributed by atoms with Crippen LogP contribution in [0.15, 0.2) is 67.0 Å².